The van der Waals surface area contributed by atoms with Crippen molar-refractivity contribution in [1.82, 2.24) is 5.32 Å². The fourth-order valence-corrected chi connectivity index (χ4v) is 2.42. The van der Waals surface area contributed by atoms with Crippen molar-refractivity contribution >= 4 is 11.7 Å². The molecule has 4 nitrogen and oxygen atoms in total. The van der Waals surface area contributed by atoms with Gasteiger partial charge in [-0.15, -0.1) is 0 Å². The summed E-state index contributed by atoms with van der Waals surface area (Å²) in [6.07, 6.45) is 3.18. The average molecular weight is 218 g/mol. The summed E-state index contributed by atoms with van der Waals surface area (Å²) in [5.41, 5.74) is 0.923. The Morgan fingerprint density at radius 3 is 2.50 bits per heavy atom. The highest BCUT2D eigenvalue weighted by molar-refractivity contribution is 5.95. The monoisotopic (exact) mass is 218 g/mol. The highest BCUT2D eigenvalue weighted by atomic mass is 16.3. The van der Waals surface area contributed by atoms with Crippen molar-refractivity contribution in [2.45, 2.75) is 24.8 Å². The van der Waals surface area contributed by atoms with Crippen molar-refractivity contribution in [3.63, 3.8) is 0 Å². The fourth-order valence-electron chi connectivity index (χ4n) is 2.42. The predicted molar refractivity (Wildman–Crippen MR) is 60.6 cm³/mol. The second kappa shape index (κ2) is 3.14. The molecule has 0 radical (unpaired) electrons. The van der Waals surface area contributed by atoms with Crippen LogP contribution in [0.4, 0.5) is 10.5 Å². The van der Waals surface area contributed by atoms with Gasteiger partial charge in [0.05, 0.1) is 5.54 Å². The standard InChI is InChI=1S/C12H14N2O2/c15-10-3-1-9(2-4-10)14-11(16)13-8-7-12(14)5-6-12/h1-4,15H,5-8H2,(H,13,16). The number of benzene rings is 1. The van der Waals surface area contributed by atoms with Gasteiger partial charge in [0.15, 0.2) is 0 Å². The van der Waals surface area contributed by atoms with Crippen LogP contribution in [0.15, 0.2) is 24.3 Å². The molecular formula is C12H14N2O2. The van der Waals surface area contributed by atoms with E-state index in [1.165, 1.54) is 0 Å². The summed E-state index contributed by atoms with van der Waals surface area (Å²) >= 11 is 0. The van der Waals surface area contributed by atoms with Crippen molar-refractivity contribution in [1.29, 1.82) is 0 Å². The van der Waals surface area contributed by atoms with Gasteiger partial charge in [0.25, 0.3) is 0 Å². The van der Waals surface area contributed by atoms with Gasteiger partial charge in [-0.25, -0.2) is 4.79 Å². The Labute approximate surface area is 93.9 Å². The predicted octanol–water partition coefficient (Wildman–Crippen LogP) is 1.84. The van der Waals surface area contributed by atoms with Crippen LogP contribution in [-0.4, -0.2) is 23.2 Å². The van der Waals surface area contributed by atoms with Gasteiger partial charge in [-0.2, -0.15) is 0 Å². The molecule has 2 amide bonds. The molecule has 1 aromatic rings. The third-order valence-electron chi connectivity index (χ3n) is 3.48. The maximum absolute atomic E-state index is 11.9. The molecule has 1 heterocycles. The Morgan fingerprint density at radius 2 is 1.88 bits per heavy atom. The zero-order valence-corrected chi connectivity index (χ0v) is 8.94. The van der Waals surface area contributed by atoms with E-state index in [1.807, 2.05) is 4.90 Å². The molecule has 2 N–H and O–H groups in total. The number of hydrogen-bond donors (Lipinski definition) is 2. The minimum absolute atomic E-state index is 0.0190. The normalized spacial score (nSPS) is 22.0. The van der Waals surface area contributed by atoms with E-state index in [4.69, 9.17) is 0 Å². The molecule has 2 fully saturated rings. The number of hydrogen-bond acceptors (Lipinski definition) is 2. The number of phenols is 1. The molecule has 16 heavy (non-hydrogen) atoms. The summed E-state index contributed by atoms with van der Waals surface area (Å²) in [5.74, 6) is 0.228. The van der Waals surface area contributed by atoms with E-state index in [1.54, 1.807) is 24.3 Å². The van der Waals surface area contributed by atoms with Crippen LogP contribution in [0.1, 0.15) is 19.3 Å². The first-order valence-electron chi connectivity index (χ1n) is 5.58. The van der Waals surface area contributed by atoms with Gasteiger partial charge in [0.1, 0.15) is 5.75 Å². The number of carbonyl (C=O) groups excluding carboxylic acids is 1. The smallest absolute Gasteiger partial charge is 0.322 e. The maximum atomic E-state index is 11.9. The quantitative estimate of drug-likeness (QED) is 0.755. The molecule has 1 aliphatic heterocycles. The molecular weight excluding hydrogens is 204 g/mol. The topological polar surface area (TPSA) is 52.6 Å². The van der Waals surface area contributed by atoms with Crippen molar-refractivity contribution in [3.05, 3.63) is 24.3 Å². The SMILES string of the molecule is O=C1NCCC2(CC2)N1c1ccc(O)cc1. The Hall–Kier alpha value is -1.71. The van der Waals surface area contributed by atoms with Crippen molar-refractivity contribution in [3.8, 4) is 5.75 Å². The average Bonchev–Trinajstić information content (AvgIpc) is 3.01. The molecule has 1 saturated heterocycles. The van der Waals surface area contributed by atoms with Crippen LogP contribution < -0.4 is 10.2 Å². The lowest BCUT2D eigenvalue weighted by atomic mass is 10.1. The van der Waals surface area contributed by atoms with E-state index in [9.17, 15) is 9.90 Å². The molecule has 1 aromatic carbocycles. The van der Waals surface area contributed by atoms with Gasteiger partial charge in [-0.1, -0.05) is 0 Å². The minimum atomic E-state index is -0.0190. The second-order valence-electron chi connectivity index (χ2n) is 4.56. The van der Waals surface area contributed by atoms with Crippen LogP contribution in [0, 0.1) is 0 Å². The summed E-state index contributed by atoms with van der Waals surface area (Å²) < 4.78 is 0. The van der Waals surface area contributed by atoms with E-state index >= 15 is 0 Å². The Bertz CT molecular complexity index is 423. The Kier molecular flexibility index (Phi) is 1.87. The number of nitrogens with zero attached hydrogens (tertiary/aromatic N) is 1. The number of carbonyl (C=O) groups is 1. The van der Waals surface area contributed by atoms with Crippen LogP contribution in [-0.2, 0) is 0 Å². The van der Waals surface area contributed by atoms with E-state index in [0.29, 0.717) is 0 Å². The molecule has 4 heteroatoms. The van der Waals surface area contributed by atoms with E-state index in [0.717, 1.165) is 31.5 Å². The second-order valence-corrected chi connectivity index (χ2v) is 4.56. The van der Waals surface area contributed by atoms with Gasteiger partial charge >= 0.3 is 6.03 Å². The number of anilines is 1. The van der Waals surface area contributed by atoms with Crippen LogP contribution >= 0.6 is 0 Å². The number of amides is 2. The molecule has 1 aliphatic carbocycles. The van der Waals surface area contributed by atoms with Gasteiger partial charge in [0, 0.05) is 12.2 Å². The Balaban J connectivity index is 1.97. The summed E-state index contributed by atoms with van der Waals surface area (Å²) in [7, 11) is 0. The summed E-state index contributed by atoms with van der Waals surface area (Å²) in [4.78, 5) is 13.7. The number of aromatic hydroxyl groups is 1. The van der Waals surface area contributed by atoms with Crippen molar-refractivity contribution in [2.75, 3.05) is 11.4 Å². The molecule has 2 aliphatic rings. The van der Waals surface area contributed by atoms with Gasteiger partial charge in [-0.3, -0.25) is 4.90 Å². The fraction of sp³-hybridized carbons (Fsp3) is 0.417. The maximum Gasteiger partial charge on any atom is 0.322 e. The lowest BCUT2D eigenvalue weighted by Gasteiger charge is -2.36. The lowest BCUT2D eigenvalue weighted by molar-refractivity contribution is 0.236. The largest absolute Gasteiger partial charge is 0.508 e. The summed E-state index contributed by atoms with van der Waals surface area (Å²) in [5, 5.41) is 12.1. The lowest BCUT2D eigenvalue weighted by Crippen LogP contribution is -2.54. The van der Waals surface area contributed by atoms with Crippen LogP contribution in [0.5, 0.6) is 5.75 Å². The molecule has 3 rings (SSSR count). The summed E-state index contributed by atoms with van der Waals surface area (Å²) in [6, 6.07) is 6.80. The number of urea groups is 1. The first-order chi connectivity index (χ1) is 7.71. The molecule has 0 aromatic heterocycles. The zero-order valence-electron chi connectivity index (χ0n) is 8.94. The minimum Gasteiger partial charge on any atom is -0.508 e. The molecule has 1 saturated carbocycles. The molecule has 84 valence electrons. The Morgan fingerprint density at radius 1 is 1.19 bits per heavy atom. The third kappa shape index (κ3) is 1.33. The van der Waals surface area contributed by atoms with Crippen LogP contribution in [0.25, 0.3) is 0 Å². The van der Waals surface area contributed by atoms with Crippen molar-refractivity contribution < 1.29 is 9.90 Å². The first-order valence-corrected chi connectivity index (χ1v) is 5.58. The number of nitrogens with one attached hydrogen (secondary N) is 1. The summed E-state index contributed by atoms with van der Waals surface area (Å²) in [6.45, 7) is 0.771. The number of rotatable bonds is 1. The molecule has 0 atom stereocenters. The number of phenolic OH excluding ortho intramolecular Hbond substituents is 1. The van der Waals surface area contributed by atoms with Gasteiger partial charge < -0.3 is 10.4 Å². The zero-order chi connectivity index (χ0) is 11.2. The van der Waals surface area contributed by atoms with Gasteiger partial charge in [-0.05, 0) is 43.5 Å². The van der Waals surface area contributed by atoms with E-state index < -0.39 is 0 Å². The molecule has 0 unspecified atom stereocenters. The van der Waals surface area contributed by atoms with E-state index in [2.05, 4.69) is 5.32 Å². The van der Waals surface area contributed by atoms with Crippen LogP contribution in [0.2, 0.25) is 0 Å². The van der Waals surface area contributed by atoms with Crippen LogP contribution in [0.3, 0.4) is 0 Å². The molecule has 1 spiro atoms. The molecule has 0 bridgehead atoms. The van der Waals surface area contributed by atoms with Gasteiger partial charge in [0.2, 0.25) is 0 Å². The highest BCUT2D eigenvalue weighted by Crippen LogP contribution is 2.48. The van der Waals surface area contributed by atoms with Crippen molar-refractivity contribution in [2.24, 2.45) is 0 Å². The first kappa shape index (κ1) is 9.51. The third-order valence-corrected chi connectivity index (χ3v) is 3.48. The van der Waals surface area contributed by atoms with E-state index in [-0.39, 0.29) is 17.3 Å². The highest BCUT2D eigenvalue weighted by Gasteiger charge is 2.52.